The van der Waals surface area contributed by atoms with Crippen LogP contribution in [-0.4, -0.2) is 79.4 Å². The number of likely N-dealkylation sites (N-methyl/N-ethyl adjacent to an activating group) is 1. The summed E-state index contributed by atoms with van der Waals surface area (Å²) in [7, 11) is 2.12. The smallest absolute Gasteiger partial charge is 0.234 e. The van der Waals surface area contributed by atoms with Crippen LogP contribution in [-0.2, 0) is 29.1 Å². The molecule has 0 bridgehead atoms. The zero-order chi connectivity index (χ0) is 25.9. The van der Waals surface area contributed by atoms with E-state index in [1.54, 1.807) is 0 Å². The monoisotopic (exact) mass is 506 g/mol. The van der Waals surface area contributed by atoms with Crippen LogP contribution in [0, 0.1) is 0 Å². The van der Waals surface area contributed by atoms with E-state index < -0.39 is 0 Å². The summed E-state index contributed by atoms with van der Waals surface area (Å²) in [6, 6.07) is 16.6. The Kier molecular flexibility index (Phi) is 10.4. The van der Waals surface area contributed by atoms with Crippen molar-refractivity contribution in [3.63, 3.8) is 0 Å². The first-order valence-electron chi connectivity index (χ1n) is 13.8. The van der Waals surface area contributed by atoms with Gasteiger partial charge in [0.2, 0.25) is 11.8 Å². The number of hydrogen-bond acceptors (Lipinski definition) is 5. The molecule has 2 amide bonds. The first kappa shape index (κ1) is 27.1. The minimum absolute atomic E-state index is 0.0579. The second-order valence-corrected chi connectivity index (χ2v) is 10.4. The normalized spacial score (nSPS) is 18.8. The van der Waals surface area contributed by atoms with Crippen molar-refractivity contribution in [1.82, 2.24) is 20.0 Å². The number of carbonyl (C=O) groups excluding carboxylic acids is 2. The van der Waals surface area contributed by atoms with E-state index in [4.69, 9.17) is 4.74 Å². The Bertz CT molecular complexity index is 1010. The van der Waals surface area contributed by atoms with Crippen molar-refractivity contribution in [2.75, 3.05) is 52.9 Å². The molecule has 0 spiro atoms. The molecule has 1 fully saturated rings. The minimum atomic E-state index is 0.0579. The van der Waals surface area contributed by atoms with Gasteiger partial charge in [-0.2, -0.15) is 0 Å². The highest BCUT2D eigenvalue weighted by molar-refractivity contribution is 5.78. The number of nitrogens with zero attached hydrogens (tertiary/aromatic N) is 3. The summed E-state index contributed by atoms with van der Waals surface area (Å²) in [5.41, 5.74) is 3.38. The average Bonchev–Trinajstić information content (AvgIpc) is 3.11. The van der Waals surface area contributed by atoms with Crippen molar-refractivity contribution in [2.24, 2.45) is 0 Å². The first-order chi connectivity index (χ1) is 18.1. The zero-order valence-corrected chi connectivity index (χ0v) is 22.3. The molecule has 4 rings (SSSR count). The van der Waals surface area contributed by atoms with Crippen LogP contribution in [0.3, 0.4) is 0 Å². The van der Waals surface area contributed by atoms with Crippen LogP contribution in [0.5, 0.6) is 5.75 Å². The zero-order valence-electron chi connectivity index (χ0n) is 22.3. The van der Waals surface area contributed by atoms with Crippen molar-refractivity contribution in [2.45, 2.75) is 51.6 Å². The predicted molar refractivity (Wildman–Crippen MR) is 146 cm³/mol. The predicted octanol–water partition coefficient (Wildman–Crippen LogP) is 3.46. The summed E-state index contributed by atoms with van der Waals surface area (Å²) in [4.78, 5) is 32.1. The van der Waals surface area contributed by atoms with Gasteiger partial charge in [0.1, 0.15) is 5.75 Å². The first-order valence-corrected chi connectivity index (χ1v) is 13.8. The second-order valence-electron chi connectivity index (χ2n) is 10.4. The Morgan fingerprint density at radius 3 is 2.65 bits per heavy atom. The Labute approximate surface area is 221 Å². The van der Waals surface area contributed by atoms with Gasteiger partial charge in [-0.05, 0) is 62.9 Å². The number of rotatable bonds is 5. The van der Waals surface area contributed by atoms with Gasteiger partial charge in [-0.15, -0.1) is 0 Å². The van der Waals surface area contributed by atoms with Crippen molar-refractivity contribution in [3.8, 4) is 5.75 Å². The van der Waals surface area contributed by atoms with E-state index in [1.165, 1.54) is 5.56 Å². The molecule has 2 aliphatic rings. The molecule has 1 N–H and O–H groups in total. The Balaban J connectivity index is 1.48. The highest BCUT2D eigenvalue weighted by Crippen LogP contribution is 2.24. The molecule has 0 unspecified atom stereocenters. The number of fused-ring (bicyclic) bond motifs is 1. The molecule has 0 atom stereocenters. The van der Waals surface area contributed by atoms with E-state index in [0.717, 1.165) is 68.7 Å². The molecular formula is C30H42N4O3. The van der Waals surface area contributed by atoms with Crippen LogP contribution in [0.2, 0.25) is 0 Å². The van der Waals surface area contributed by atoms with Crippen molar-refractivity contribution < 1.29 is 14.3 Å². The van der Waals surface area contributed by atoms with E-state index in [-0.39, 0.29) is 11.8 Å². The van der Waals surface area contributed by atoms with Gasteiger partial charge in [0, 0.05) is 51.3 Å². The lowest BCUT2D eigenvalue weighted by Crippen LogP contribution is -2.37. The molecule has 2 aromatic rings. The van der Waals surface area contributed by atoms with E-state index in [9.17, 15) is 9.59 Å². The highest BCUT2D eigenvalue weighted by atomic mass is 16.5. The topological polar surface area (TPSA) is 65.1 Å². The van der Waals surface area contributed by atoms with E-state index in [0.29, 0.717) is 45.6 Å². The quantitative estimate of drug-likeness (QED) is 0.673. The molecule has 0 radical (unpaired) electrons. The Morgan fingerprint density at radius 2 is 1.78 bits per heavy atom. The summed E-state index contributed by atoms with van der Waals surface area (Å²) in [5, 5.41) is 3.08. The van der Waals surface area contributed by atoms with Crippen molar-refractivity contribution in [1.29, 1.82) is 0 Å². The van der Waals surface area contributed by atoms with Crippen LogP contribution in [0.25, 0.3) is 0 Å². The van der Waals surface area contributed by atoms with E-state index in [2.05, 4.69) is 52.5 Å². The Hall–Kier alpha value is -2.90. The van der Waals surface area contributed by atoms with Gasteiger partial charge in [0.25, 0.3) is 0 Å². The third-order valence-electron chi connectivity index (χ3n) is 7.24. The lowest BCUT2D eigenvalue weighted by atomic mass is 10.0. The van der Waals surface area contributed by atoms with Gasteiger partial charge in [0.05, 0.1) is 13.2 Å². The third-order valence-corrected chi connectivity index (χ3v) is 7.24. The van der Waals surface area contributed by atoms with Crippen LogP contribution in [0.1, 0.15) is 48.8 Å². The van der Waals surface area contributed by atoms with Gasteiger partial charge >= 0.3 is 0 Å². The molecule has 0 aromatic heterocycles. The van der Waals surface area contributed by atoms with Gasteiger partial charge in [-0.25, -0.2) is 0 Å². The third kappa shape index (κ3) is 8.86. The number of aryl methyl sites for hydroxylation is 1. The summed E-state index contributed by atoms with van der Waals surface area (Å²) < 4.78 is 6.21. The van der Waals surface area contributed by atoms with Crippen LogP contribution >= 0.6 is 0 Å². The molecule has 7 heteroatoms. The SMILES string of the molecule is CN1CCCN(C(=O)CCc2ccc3c(c2)CN(Cc2ccccc2)CC(=O)NCCCCCO3)CC1. The lowest BCUT2D eigenvalue weighted by molar-refractivity contribution is -0.131. The molecule has 37 heavy (non-hydrogen) atoms. The fourth-order valence-electron chi connectivity index (χ4n) is 5.08. The number of hydrogen-bond donors (Lipinski definition) is 1. The lowest BCUT2D eigenvalue weighted by Gasteiger charge is -2.24. The summed E-state index contributed by atoms with van der Waals surface area (Å²) in [6.07, 6.45) is 5.20. The van der Waals surface area contributed by atoms with Crippen molar-refractivity contribution >= 4 is 11.8 Å². The molecule has 7 nitrogen and oxygen atoms in total. The van der Waals surface area contributed by atoms with Crippen LogP contribution in [0.15, 0.2) is 48.5 Å². The van der Waals surface area contributed by atoms with Gasteiger partial charge < -0.3 is 19.9 Å². The summed E-state index contributed by atoms with van der Waals surface area (Å²) in [6.45, 7) is 6.63. The molecule has 0 saturated carbocycles. The molecule has 2 aliphatic heterocycles. The summed E-state index contributed by atoms with van der Waals surface area (Å²) >= 11 is 0. The van der Waals surface area contributed by atoms with E-state index >= 15 is 0 Å². The standard InChI is InChI=1S/C30H42N4O3/c1-32-16-8-17-34(19-18-32)30(36)14-12-25-11-13-28-27(21-25)23-33(22-26-9-4-2-5-10-26)24-29(35)31-15-6-3-7-20-37-28/h2,4-5,9-11,13,21H,3,6-8,12,14-20,22-24H2,1H3,(H,31,35). The fourth-order valence-corrected chi connectivity index (χ4v) is 5.08. The average molecular weight is 507 g/mol. The van der Waals surface area contributed by atoms with Gasteiger partial charge in [-0.1, -0.05) is 42.5 Å². The minimum Gasteiger partial charge on any atom is -0.493 e. The Morgan fingerprint density at radius 1 is 0.919 bits per heavy atom. The highest BCUT2D eigenvalue weighted by Gasteiger charge is 2.19. The fraction of sp³-hybridized carbons (Fsp3) is 0.533. The molecular weight excluding hydrogens is 464 g/mol. The molecule has 200 valence electrons. The van der Waals surface area contributed by atoms with Crippen molar-refractivity contribution in [3.05, 3.63) is 65.2 Å². The maximum absolute atomic E-state index is 12.9. The molecule has 2 aromatic carbocycles. The summed E-state index contributed by atoms with van der Waals surface area (Å²) in [5.74, 6) is 1.17. The molecule has 2 heterocycles. The number of benzene rings is 2. The number of amides is 2. The maximum Gasteiger partial charge on any atom is 0.234 e. The number of nitrogens with one attached hydrogen (secondary N) is 1. The largest absolute Gasteiger partial charge is 0.493 e. The maximum atomic E-state index is 12.9. The van der Waals surface area contributed by atoms with Gasteiger partial charge in [0.15, 0.2) is 0 Å². The van der Waals surface area contributed by atoms with Crippen LogP contribution < -0.4 is 10.1 Å². The molecule has 1 saturated heterocycles. The molecule has 0 aliphatic carbocycles. The van der Waals surface area contributed by atoms with Crippen LogP contribution in [0.4, 0.5) is 0 Å². The number of ether oxygens (including phenoxy) is 1. The number of carbonyl (C=O) groups is 2. The van der Waals surface area contributed by atoms with Gasteiger partial charge in [-0.3, -0.25) is 14.5 Å². The van der Waals surface area contributed by atoms with E-state index in [1.807, 2.05) is 23.1 Å². The second kappa shape index (κ2) is 14.1.